The third-order valence-corrected chi connectivity index (χ3v) is 3.56. The number of fused-ring (bicyclic) bond motifs is 1. The van der Waals surface area contributed by atoms with Gasteiger partial charge in [0.05, 0.1) is 16.7 Å². The number of benzene rings is 1. The van der Waals surface area contributed by atoms with Gasteiger partial charge in [-0.2, -0.15) is 5.10 Å². The summed E-state index contributed by atoms with van der Waals surface area (Å²) in [4.78, 5) is 7.80. The third-order valence-electron chi connectivity index (χ3n) is 3.56. The van der Waals surface area contributed by atoms with Gasteiger partial charge in [-0.05, 0) is 18.2 Å². The lowest BCUT2D eigenvalue weighted by Gasteiger charge is -2.00. The van der Waals surface area contributed by atoms with Crippen molar-refractivity contribution in [3.63, 3.8) is 0 Å². The van der Waals surface area contributed by atoms with Crippen LogP contribution in [0.1, 0.15) is 0 Å². The van der Waals surface area contributed by atoms with Gasteiger partial charge in [0.25, 0.3) is 0 Å². The van der Waals surface area contributed by atoms with Gasteiger partial charge in [-0.1, -0.05) is 30.3 Å². The number of H-pyrrole nitrogens is 1. The molecule has 1 aromatic carbocycles. The molecule has 0 radical (unpaired) electrons. The zero-order chi connectivity index (χ0) is 14.2. The van der Waals surface area contributed by atoms with E-state index in [-0.39, 0.29) is 0 Å². The van der Waals surface area contributed by atoms with Crippen molar-refractivity contribution in [2.45, 2.75) is 0 Å². The van der Waals surface area contributed by atoms with Crippen LogP contribution in [-0.4, -0.2) is 19.7 Å². The summed E-state index contributed by atoms with van der Waals surface area (Å²) in [7, 11) is 1.94. The molecule has 4 heteroatoms. The van der Waals surface area contributed by atoms with E-state index in [1.54, 1.807) is 6.20 Å². The van der Waals surface area contributed by atoms with E-state index < -0.39 is 0 Å². The molecular weight excluding hydrogens is 260 g/mol. The average Bonchev–Trinajstić information content (AvgIpc) is 3.11. The molecule has 21 heavy (non-hydrogen) atoms. The Morgan fingerprint density at radius 2 is 1.90 bits per heavy atom. The highest BCUT2D eigenvalue weighted by Crippen LogP contribution is 2.31. The van der Waals surface area contributed by atoms with E-state index in [2.05, 4.69) is 33.3 Å². The summed E-state index contributed by atoms with van der Waals surface area (Å²) >= 11 is 0. The monoisotopic (exact) mass is 274 g/mol. The van der Waals surface area contributed by atoms with Crippen molar-refractivity contribution >= 4 is 11.0 Å². The Hall–Kier alpha value is -2.88. The van der Waals surface area contributed by atoms with E-state index in [4.69, 9.17) is 0 Å². The van der Waals surface area contributed by atoms with E-state index >= 15 is 0 Å². The summed E-state index contributed by atoms with van der Waals surface area (Å²) in [5, 5.41) is 4.60. The number of hydrogen-bond donors (Lipinski definition) is 1. The number of nitrogens with zero attached hydrogens (tertiary/aromatic N) is 3. The molecule has 0 bridgehead atoms. The maximum atomic E-state index is 4.60. The van der Waals surface area contributed by atoms with Crippen molar-refractivity contribution in [3.8, 4) is 22.5 Å². The normalized spacial score (nSPS) is 11.1. The lowest BCUT2D eigenvalue weighted by molar-refractivity contribution is 0.771. The fraction of sp³-hybridized carbons (Fsp3) is 0.0588. The number of nitrogens with one attached hydrogen (secondary N) is 1. The van der Waals surface area contributed by atoms with Crippen LogP contribution >= 0.6 is 0 Å². The Morgan fingerprint density at radius 3 is 2.71 bits per heavy atom. The molecule has 3 heterocycles. The second-order valence-corrected chi connectivity index (χ2v) is 5.05. The van der Waals surface area contributed by atoms with Gasteiger partial charge < -0.3 is 4.98 Å². The minimum atomic E-state index is 0.968. The van der Waals surface area contributed by atoms with E-state index in [1.165, 1.54) is 0 Å². The summed E-state index contributed by atoms with van der Waals surface area (Å²) in [5.41, 5.74) is 6.22. The highest BCUT2D eigenvalue weighted by atomic mass is 15.3. The van der Waals surface area contributed by atoms with Gasteiger partial charge in [0.1, 0.15) is 5.69 Å². The second-order valence-electron chi connectivity index (χ2n) is 5.05. The SMILES string of the molecule is Cn1cc(-c2cc3ncccc3[nH]2)c(-c2ccccc2)n1. The minimum Gasteiger partial charge on any atom is -0.353 e. The maximum absolute atomic E-state index is 4.60. The fourth-order valence-electron chi connectivity index (χ4n) is 2.60. The lowest BCUT2D eigenvalue weighted by atomic mass is 10.1. The Kier molecular flexibility index (Phi) is 2.60. The van der Waals surface area contributed by atoms with Crippen LogP contribution < -0.4 is 0 Å². The Balaban J connectivity index is 1.92. The number of hydrogen-bond acceptors (Lipinski definition) is 2. The first-order valence-electron chi connectivity index (χ1n) is 6.84. The summed E-state index contributed by atoms with van der Waals surface area (Å²) in [6, 6.07) is 16.3. The van der Waals surface area contributed by atoms with Crippen LogP contribution in [0, 0.1) is 0 Å². The molecule has 4 rings (SSSR count). The van der Waals surface area contributed by atoms with Gasteiger partial charge in [-0.25, -0.2) is 0 Å². The van der Waals surface area contributed by atoms with Crippen LogP contribution in [0.4, 0.5) is 0 Å². The minimum absolute atomic E-state index is 0.968. The first kappa shape index (κ1) is 11.9. The number of aromatic nitrogens is 4. The lowest BCUT2D eigenvalue weighted by Crippen LogP contribution is -1.87. The molecule has 4 aromatic rings. The quantitative estimate of drug-likeness (QED) is 0.606. The molecule has 0 aliphatic heterocycles. The van der Waals surface area contributed by atoms with Gasteiger partial charge in [-0.3, -0.25) is 9.67 Å². The first-order chi connectivity index (χ1) is 10.3. The highest BCUT2D eigenvalue weighted by molar-refractivity contribution is 5.87. The zero-order valence-corrected chi connectivity index (χ0v) is 11.6. The molecule has 4 nitrogen and oxygen atoms in total. The molecule has 0 aliphatic carbocycles. The van der Waals surface area contributed by atoms with Crippen LogP contribution in [0.15, 0.2) is 60.9 Å². The van der Waals surface area contributed by atoms with Crippen LogP contribution in [0.5, 0.6) is 0 Å². The average molecular weight is 274 g/mol. The van der Waals surface area contributed by atoms with Crippen LogP contribution in [-0.2, 0) is 7.05 Å². The van der Waals surface area contributed by atoms with Gasteiger partial charge in [0, 0.05) is 30.6 Å². The second kappa shape index (κ2) is 4.59. The topological polar surface area (TPSA) is 46.5 Å². The Labute approximate surface area is 122 Å². The van der Waals surface area contributed by atoms with E-state index in [9.17, 15) is 0 Å². The molecule has 0 unspecified atom stereocenters. The fourth-order valence-corrected chi connectivity index (χ4v) is 2.60. The summed E-state index contributed by atoms with van der Waals surface area (Å²) in [5.74, 6) is 0. The van der Waals surface area contributed by atoms with Crippen molar-refractivity contribution in [3.05, 3.63) is 60.9 Å². The van der Waals surface area contributed by atoms with Crippen molar-refractivity contribution in [1.29, 1.82) is 0 Å². The molecule has 3 aromatic heterocycles. The number of aromatic amines is 1. The third kappa shape index (κ3) is 2.01. The van der Waals surface area contributed by atoms with Crippen molar-refractivity contribution < 1.29 is 0 Å². The molecule has 0 atom stereocenters. The highest BCUT2D eigenvalue weighted by Gasteiger charge is 2.14. The van der Waals surface area contributed by atoms with Crippen LogP contribution in [0.3, 0.4) is 0 Å². The maximum Gasteiger partial charge on any atom is 0.102 e. The van der Waals surface area contributed by atoms with E-state index in [1.807, 2.05) is 48.3 Å². The Bertz CT molecular complexity index is 870. The number of rotatable bonds is 2. The first-order valence-corrected chi connectivity index (χ1v) is 6.84. The van der Waals surface area contributed by atoms with Crippen molar-refractivity contribution in [2.75, 3.05) is 0 Å². The van der Waals surface area contributed by atoms with E-state index in [0.29, 0.717) is 0 Å². The summed E-state index contributed by atoms with van der Waals surface area (Å²) in [6.07, 6.45) is 3.84. The molecule has 102 valence electrons. The molecule has 0 aliphatic rings. The smallest absolute Gasteiger partial charge is 0.102 e. The number of aryl methyl sites for hydroxylation is 1. The molecule has 0 fully saturated rings. The molecule has 0 saturated heterocycles. The molecule has 0 spiro atoms. The standard InChI is InChI=1S/C17H14N4/c1-21-11-13(17(20-21)12-6-3-2-4-7-12)15-10-16-14(19-15)8-5-9-18-16/h2-11,19H,1H3. The molecule has 0 saturated carbocycles. The number of pyridine rings is 1. The summed E-state index contributed by atoms with van der Waals surface area (Å²) < 4.78 is 1.84. The zero-order valence-electron chi connectivity index (χ0n) is 11.6. The van der Waals surface area contributed by atoms with Gasteiger partial charge in [-0.15, -0.1) is 0 Å². The van der Waals surface area contributed by atoms with E-state index in [0.717, 1.165) is 33.5 Å². The van der Waals surface area contributed by atoms with Crippen molar-refractivity contribution in [2.24, 2.45) is 7.05 Å². The Morgan fingerprint density at radius 1 is 1.05 bits per heavy atom. The predicted octanol–water partition coefficient (Wildman–Crippen LogP) is 3.63. The molecule has 0 amide bonds. The molecule has 1 N–H and O–H groups in total. The van der Waals surface area contributed by atoms with Crippen LogP contribution in [0.2, 0.25) is 0 Å². The largest absolute Gasteiger partial charge is 0.353 e. The van der Waals surface area contributed by atoms with Crippen LogP contribution in [0.25, 0.3) is 33.5 Å². The van der Waals surface area contributed by atoms with Gasteiger partial charge in [0.15, 0.2) is 0 Å². The predicted molar refractivity (Wildman–Crippen MR) is 83.7 cm³/mol. The van der Waals surface area contributed by atoms with Gasteiger partial charge >= 0.3 is 0 Å². The molecular formula is C17H14N4. The van der Waals surface area contributed by atoms with Crippen molar-refractivity contribution in [1.82, 2.24) is 19.7 Å². The van der Waals surface area contributed by atoms with Gasteiger partial charge in [0.2, 0.25) is 0 Å². The summed E-state index contributed by atoms with van der Waals surface area (Å²) in [6.45, 7) is 0.